The highest BCUT2D eigenvalue weighted by Crippen LogP contribution is 2.46. The van der Waals surface area contributed by atoms with Crippen LogP contribution in [0, 0.1) is 0 Å². The lowest BCUT2D eigenvalue weighted by Crippen LogP contribution is -2.38. The van der Waals surface area contributed by atoms with Crippen LogP contribution in [0.3, 0.4) is 0 Å². The van der Waals surface area contributed by atoms with Crippen molar-refractivity contribution in [2.24, 2.45) is 0 Å². The fourth-order valence-electron chi connectivity index (χ4n) is 5.23. The van der Waals surface area contributed by atoms with Gasteiger partial charge in [0.05, 0.1) is 18.1 Å². The Balaban J connectivity index is 1.37. The molecule has 1 amide bonds. The van der Waals surface area contributed by atoms with Crippen LogP contribution >= 0.6 is 0 Å². The van der Waals surface area contributed by atoms with E-state index in [2.05, 4.69) is 19.9 Å². The molecule has 5 aromatic rings. The molecule has 1 aliphatic rings. The van der Waals surface area contributed by atoms with Crippen LogP contribution in [0.15, 0.2) is 69.9 Å². The number of ether oxygens (including phenoxy) is 2. The monoisotopic (exact) mass is 654 g/mol. The molecule has 0 spiro atoms. The van der Waals surface area contributed by atoms with E-state index in [0.717, 1.165) is 11.0 Å². The topological polar surface area (TPSA) is 113 Å². The van der Waals surface area contributed by atoms with Crippen molar-refractivity contribution in [3.63, 3.8) is 0 Å². The molecule has 3 heterocycles. The van der Waals surface area contributed by atoms with Gasteiger partial charge < -0.3 is 18.8 Å². The molecule has 1 atom stereocenters. The molecule has 1 unspecified atom stereocenters. The zero-order chi connectivity index (χ0) is 33.2. The molecule has 6 rings (SSSR count). The third-order valence-corrected chi connectivity index (χ3v) is 6.93. The number of alkyl halides is 8. The molecule has 0 saturated carbocycles. The summed E-state index contributed by atoms with van der Waals surface area (Å²) in [6, 6.07) is 10.5. The lowest BCUT2D eigenvalue weighted by Gasteiger charge is -2.28. The number of hydrogen-bond donors (Lipinski definition) is 2. The third-order valence-electron chi connectivity index (χ3n) is 6.93. The van der Waals surface area contributed by atoms with Crippen LogP contribution in [0.4, 0.5) is 35.1 Å². The van der Waals surface area contributed by atoms with Crippen molar-refractivity contribution in [1.29, 1.82) is 0 Å². The van der Waals surface area contributed by atoms with E-state index in [1.807, 2.05) is 0 Å². The van der Waals surface area contributed by atoms with Crippen molar-refractivity contribution in [1.82, 2.24) is 20.1 Å². The lowest BCUT2D eigenvalue weighted by molar-refractivity contribution is -0.276. The zero-order valence-corrected chi connectivity index (χ0v) is 23.0. The molecule has 2 aromatic heterocycles. The molecular formula is C29H18F8N4O5. The number of rotatable bonds is 7. The maximum Gasteiger partial charge on any atom is 0.573 e. The summed E-state index contributed by atoms with van der Waals surface area (Å²) < 4.78 is 121. The second kappa shape index (κ2) is 10.6. The van der Waals surface area contributed by atoms with Crippen LogP contribution in [0.2, 0.25) is 0 Å². The summed E-state index contributed by atoms with van der Waals surface area (Å²) in [5.74, 6) is -6.87. The van der Waals surface area contributed by atoms with Crippen molar-refractivity contribution in [3.05, 3.63) is 93.6 Å². The van der Waals surface area contributed by atoms with Crippen LogP contribution in [0.25, 0.3) is 22.4 Å². The summed E-state index contributed by atoms with van der Waals surface area (Å²) in [5, 5.41) is 6.81. The van der Waals surface area contributed by atoms with Gasteiger partial charge in [-0.05, 0) is 48.0 Å². The van der Waals surface area contributed by atoms with Gasteiger partial charge in [0, 0.05) is 18.1 Å². The van der Waals surface area contributed by atoms with Crippen molar-refractivity contribution in [2.45, 2.75) is 31.4 Å². The lowest BCUT2D eigenvalue weighted by atomic mass is 9.95. The highest BCUT2D eigenvalue weighted by atomic mass is 19.4. The minimum absolute atomic E-state index is 0.0652. The first kappa shape index (κ1) is 30.7. The van der Waals surface area contributed by atoms with Crippen molar-refractivity contribution >= 4 is 17.0 Å². The Morgan fingerprint density at radius 2 is 1.63 bits per heavy atom. The number of nitrogens with one attached hydrogen (secondary N) is 2. The quantitative estimate of drug-likeness (QED) is 0.177. The maximum absolute atomic E-state index is 14.3. The number of aromatic nitrogens is 3. The largest absolute Gasteiger partial charge is 0.573 e. The molecular weight excluding hydrogens is 636 g/mol. The molecule has 0 aliphatic carbocycles. The Morgan fingerprint density at radius 1 is 0.935 bits per heavy atom. The predicted octanol–water partition coefficient (Wildman–Crippen LogP) is 7.42. The highest BCUT2D eigenvalue weighted by molar-refractivity contribution is 6.02. The maximum atomic E-state index is 14.3. The fraction of sp³-hybridized carbons (Fsp3) is 0.207. The highest BCUT2D eigenvalue weighted by Gasteiger charge is 2.45. The second-order valence-electron chi connectivity index (χ2n) is 10.3. The van der Waals surface area contributed by atoms with E-state index in [1.165, 1.54) is 24.3 Å². The number of nitrogens with zero attached hydrogens (tertiary/aromatic N) is 2. The Labute approximate surface area is 251 Å². The van der Waals surface area contributed by atoms with Gasteiger partial charge in [-0.1, -0.05) is 18.2 Å². The smallest absolute Gasteiger partial charge is 0.457 e. The van der Waals surface area contributed by atoms with Gasteiger partial charge in [-0.25, -0.2) is 13.6 Å². The SMILES string of the molecule is CC(F)(F)CN1C(=O)c2[nH]nc(-c3cccc4[nH]c(=O)oc34)c2C1c1ccc(Oc2ccc(OC(F)(F)F)c(C(F)(F)F)c2)cc1. The van der Waals surface area contributed by atoms with Crippen LogP contribution in [0.1, 0.15) is 40.1 Å². The number of fused-ring (bicyclic) bond motifs is 2. The molecule has 0 saturated heterocycles. The number of carbonyl (C=O) groups excluding carboxylic acids is 1. The van der Waals surface area contributed by atoms with E-state index < -0.39 is 59.8 Å². The first-order chi connectivity index (χ1) is 21.5. The fourth-order valence-corrected chi connectivity index (χ4v) is 5.23. The summed E-state index contributed by atoms with van der Waals surface area (Å²) in [4.78, 5) is 28.7. The van der Waals surface area contributed by atoms with Crippen LogP contribution in [-0.4, -0.2) is 44.8 Å². The van der Waals surface area contributed by atoms with Gasteiger partial charge in [0.15, 0.2) is 5.58 Å². The molecule has 1 aliphatic heterocycles. The standard InChI is InChI=1S/C29H18F8N4O5/c1-27(30,31)12-41-23(20-21(39-40-22(20)25(41)42)16-3-2-4-18-24(16)45-26(43)38-18)13-5-7-14(8-6-13)44-15-9-10-19(46-29(35,36)37)17(11-15)28(32,33)34/h2-11,23H,12H2,1H3,(H,38,43)(H,39,40). The zero-order valence-electron chi connectivity index (χ0n) is 23.0. The van der Waals surface area contributed by atoms with Gasteiger partial charge in [-0.15, -0.1) is 13.2 Å². The summed E-state index contributed by atoms with van der Waals surface area (Å²) >= 11 is 0. The van der Waals surface area contributed by atoms with Gasteiger partial charge >= 0.3 is 18.3 Å². The molecule has 17 heteroatoms. The van der Waals surface area contributed by atoms with E-state index in [-0.39, 0.29) is 39.4 Å². The summed E-state index contributed by atoms with van der Waals surface area (Å²) in [6.07, 6.45) is -10.6. The van der Waals surface area contributed by atoms with Crippen LogP contribution < -0.4 is 15.2 Å². The van der Waals surface area contributed by atoms with E-state index in [4.69, 9.17) is 9.15 Å². The van der Waals surface area contributed by atoms with E-state index in [9.17, 15) is 44.7 Å². The van der Waals surface area contributed by atoms with E-state index in [1.54, 1.807) is 18.2 Å². The number of halogens is 8. The number of amides is 1. The molecule has 240 valence electrons. The minimum atomic E-state index is -5.37. The Bertz CT molecular complexity index is 2010. The molecule has 9 nitrogen and oxygen atoms in total. The average Bonchev–Trinajstić information content (AvgIpc) is 3.61. The van der Waals surface area contributed by atoms with Gasteiger partial charge in [-0.2, -0.15) is 18.3 Å². The second-order valence-corrected chi connectivity index (χ2v) is 10.3. The summed E-state index contributed by atoms with van der Waals surface area (Å²) in [5.41, 5.74) is -0.466. The normalized spacial score (nSPS) is 15.5. The average molecular weight is 654 g/mol. The first-order valence-electron chi connectivity index (χ1n) is 13.1. The molecule has 0 bridgehead atoms. The minimum Gasteiger partial charge on any atom is -0.457 e. The molecule has 2 N–H and O–H groups in total. The van der Waals surface area contributed by atoms with Gasteiger partial charge in [0.2, 0.25) is 0 Å². The number of hydrogen-bond acceptors (Lipinski definition) is 6. The molecule has 46 heavy (non-hydrogen) atoms. The van der Waals surface area contributed by atoms with Crippen molar-refractivity contribution < 1.29 is 53.8 Å². The number of carbonyl (C=O) groups is 1. The molecule has 0 radical (unpaired) electrons. The van der Waals surface area contributed by atoms with E-state index >= 15 is 0 Å². The number of H-pyrrole nitrogens is 2. The Hall–Kier alpha value is -5.35. The van der Waals surface area contributed by atoms with Gasteiger partial charge in [0.1, 0.15) is 34.2 Å². The van der Waals surface area contributed by atoms with Gasteiger partial charge in [0.25, 0.3) is 11.8 Å². The van der Waals surface area contributed by atoms with E-state index in [0.29, 0.717) is 24.6 Å². The number of aromatic amines is 2. The van der Waals surface area contributed by atoms with Crippen LogP contribution in [0.5, 0.6) is 17.2 Å². The van der Waals surface area contributed by atoms with Crippen LogP contribution in [-0.2, 0) is 6.18 Å². The first-order valence-corrected chi connectivity index (χ1v) is 13.1. The Morgan fingerprint density at radius 3 is 2.28 bits per heavy atom. The van der Waals surface area contributed by atoms with Crippen molar-refractivity contribution in [3.8, 4) is 28.5 Å². The third kappa shape index (κ3) is 5.87. The predicted molar refractivity (Wildman–Crippen MR) is 143 cm³/mol. The van der Waals surface area contributed by atoms with Crippen molar-refractivity contribution in [2.75, 3.05) is 6.54 Å². The Kier molecular flexibility index (Phi) is 7.09. The van der Waals surface area contributed by atoms with Gasteiger partial charge in [-0.3, -0.25) is 14.9 Å². The molecule has 0 fully saturated rings. The number of oxazole rings is 1. The number of benzene rings is 3. The summed E-state index contributed by atoms with van der Waals surface area (Å²) in [6.45, 7) is -0.359. The summed E-state index contributed by atoms with van der Waals surface area (Å²) in [7, 11) is 0. The number of para-hydroxylation sites is 1. The molecule has 3 aromatic carbocycles.